The molecule has 0 heterocycles. The van der Waals surface area contributed by atoms with Crippen molar-refractivity contribution in [2.24, 2.45) is 5.41 Å². The van der Waals surface area contributed by atoms with E-state index >= 15 is 0 Å². The molecule has 0 radical (unpaired) electrons. The molecule has 5 nitrogen and oxygen atoms in total. The van der Waals surface area contributed by atoms with E-state index in [9.17, 15) is 9.59 Å². The van der Waals surface area contributed by atoms with Crippen LogP contribution >= 0.6 is 0 Å². The molecule has 1 aliphatic rings. The third kappa shape index (κ3) is 5.48. The van der Waals surface area contributed by atoms with Gasteiger partial charge in [0.2, 0.25) is 11.8 Å². The number of anilines is 1. The molecule has 0 spiro atoms. The average molecular weight is 360 g/mol. The minimum absolute atomic E-state index is 0.000373. The first kappa shape index (κ1) is 20.3. The molecule has 0 unspecified atom stereocenters. The maximum absolute atomic E-state index is 12.8. The summed E-state index contributed by atoms with van der Waals surface area (Å²) in [5, 5.41) is 5.94. The highest BCUT2D eigenvalue weighted by Gasteiger charge is 2.37. The van der Waals surface area contributed by atoms with E-state index in [-0.39, 0.29) is 24.0 Å². The molecular formula is C21H32N2O3. The van der Waals surface area contributed by atoms with Crippen molar-refractivity contribution in [1.29, 1.82) is 0 Å². The van der Waals surface area contributed by atoms with Crippen molar-refractivity contribution in [3.63, 3.8) is 0 Å². The summed E-state index contributed by atoms with van der Waals surface area (Å²) in [7, 11) is 0. The number of ether oxygens (including phenoxy) is 1. The molecule has 2 amide bonds. The van der Waals surface area contributed by atoms with Crippen molar-refractivity contribution in [3.8, 4) is 5.75 Å². The first-order valence-corrected chi connectivity index (χ1v) is 9.69. The smallest absolute Gasteiger partial charge is 0.239 e. The quantitative estimate of drug-likeness (QED) is 0.588. The van der Waals surface area contributed by atoms with Crippen LogP contribution in [0.4, 0.5) is 5.69 Å². The third-order valence-corrected chi connectivity index (χ3v) is 4.82. The van der Waals surface area contributed by atoms with Crippen molar-refractivity contribution in [2.75, 3.05) is 5.32 Å². The Morgan fingerprint density at radius 2 is 1.65 bits per heavy atom. The van der Waals surface area contributed by atoms with E-state index in [0.29, 0.717) is 11.4 Å². The number of para-hydroxylation sites is 2. The number of carbonyl (C=O) groups is 2. The van der Waals surface area contributed by atoms with E-state index in [1.54, 1.807) is 19.9 Å². The Kier molecular flexibility index (Phi) is 7.06. The Hall–Kier alpha value is -2.04. The Balaban J connectivity index is 2.03. The lowest BCUT2D eigenvalue weighted by Gasteiger charge is -2.26. The van der Waals surface area contributed by atoms with Crippen LogP contribution in [0.3, 0.4) is 0 Å². The monoisotopic (exact) mass is 360 g/mol. The van der Waals surface area contributed by atoms with E-state index < -0.39 is 5.41 Å². The van der Waals surface area contributed by atoms with Crippen molar-refractivity contribution >= 4 is 17.5 Å². The summed E-state index contributed by atoms with van der Waals surface area (Å²) in [6.45, 7) is 7.20. The van der Waals surface area contributed by atoms with Crippen LogP contribution in [0.2, 0.25) is 0 Å². The van der Waals surface area contributed by atoms with Crippen LogP contribution in [0.15, 0.2) is 24.3 Å². The number of hydrogen-bond donors (Lipinski definition) is 2. The van der Waals surface area contributed by atoms with E-state index in [4.69, 9.17) is 4.74 Å². The maximum Gasteiger partial charge on any atom is 0.239 e. The minimum Gasteiger partial charge on any atom is -0.489 e. The fourth-order valence-corrected chi connectivity index (χ4v) is 3.10. The first-order valence-electron chi connectivity index (χ1n) is 9.69. The molecule has 1 aromatic rings. The van der Waals surface area contributed by atoms with Crippen molar-refractivity contribution in [1.82, 2.24) is 5.32 Å². The zero-order valence-corrected chi connectivity index (χ0v) is 16.4. The molecule has 1 saturated carbocycles. The van der Waals surface area contributed by atoms with Crippen LogP contribution in [0.5, 0.6) is 5.75 Å². The molecule has 1 aromatic carbocycles. The fraction of sp³-hybridized carbons (Fsp3) is 0.619. The average Bonchev–Trinajstić information content (AvgIpc) is 2.84. The van der Waals surface area contributed by atoms with Crippen LogP contribution in [0.25, 0.3) is 0 Å². The van der Waals surface area contributed by atoms with Gasteiger partial charge in [-0.25, -0.2) is 0 Å². The lowest BCUT2D eigenvalue weighted by atomic mass is 9.90. The zero-order valence-electron chi connectivity index (χ0n) is 16.4. The van der Waals surface area contributed by atoms with Crippen LogP contribution in [-0.4, -0.2) is 24.0 Å². The predicted molar refractivity (Wildman–Crippen MR) is 104 cm³/mol. The second kappa shape index (κ2) is 9.06. The second-order valence-electron chi connectivity index (χ2n) is 7.90. The van der Waals surface area contributed by atoms with Crippen LogP contribution in [0.1, 0.15) is 66.2 Å². The molecule has 5 heteroatoms. The van der Waals surface area contributed by atoms with Gasteiger partial charge in [0.25, 0.3) is 0 Å². The highest BCUT2D eigenvalue weighted by molar-refractivity contribution is 6.10. The summed E-state index contributed by atoms with van der Waals surface area (Å²) in [5.74, 6) is 0.0587. The molecule has 0 bridgehead atoms. The van der Waals surface area contributed by atoms with Crippen LogP contribution in [0, 0.1) is 5.41 Å². The van der Waals surface area contributed by atoms with E-state index in [1.807, 2.05) is 32.0 Å². The highest BCUT2D eigenvalue weighted by Crippen LogP contribution is 2.28. The minimum atomic E-state index is -1.16. The van der Waals surface area contributed by atoms with Crippen molar-refractivity contribution in [2.45, 2.75) is 78.4 Å². The standard InChI is InChI=1S/C21H32N2O3/c1-15(2)26-18-14-10-9-13-17(18)23-20(25)21(3,4)19(24)22-16-11-7-5-6-8-12-16/h9-10,13-16H,5-8,11-12H2,1-4H3,(H,22,24)(H,23,25). The Morgan fingerprint density at radius 1 is 1.04 bits per heavy atom. The van der Waals surface area contributed by atoms with Crippen molar-refractivity contribution in [3.05, 3.63) is 24.3 Å². The largest absolute Gasteiger partial charge is 0.489 e. The van der Waals surface area contributed by atoms with Gasteiger partial charge >= 0.3 is 0 Å². The molecule has 2 rings (SSSR count). The number of rotatable bonds is 6. The summed E-state index contributed by atoms with van der Waals surface area (Å²) < 4.78 is 5.74. The summed E-state index contributed by atoms with van der Waals surface area (Å²) in [4.78, 5) is 25.5. The normalized spacial score (nSPS) is 16.0. The lowest BCUT2D eigenvalue weighted by Crippen LogP contribution is -2.48. The molecule has 26 heavy (non-hydrogen) atoms. The van der Waals surface area contributed by atoms with Crippen molar-refractivity contribution < 1.29 is 14.3 Å². The topological polar surface area (TPSA) is 67.4 Å². The number of benzene rings is 1. The molecule has 0 atom stereocenters. The molecule has 0 aromatic heterocycles. The lowest BCUT2D eigenvalue weighted by molar-refractivity contribution is -0.138. The van der Waals surface area contributed by atoms with E-state index in [2.05, 4.69) is 10.6 Å². The summed E-state index contributed by atoms with van der Waals surface area (Å²) >= 11 is 0. The van der Waals surface area contributed by atoms with Crippen LogP contribution in [-0.2, 0) is 9.59 Å². The molecule has 1 fully saturated rings. The molecule has 1 aliphatic carbocycles. The fourth-order valence-electron chi connectivity index (χ4n) is 3.10. The van der Waals surface area contributed by atoms with Gasteiger partial charge in [0.15, 0.2) is 0 Å². The Bertz CT molecular complexity index is 617. The molecule has 2 N–H and O–H groups in total. The molecule has 0 aliphatic heterocycles. The van der Waals surface area contributed by atoms with Gasteiger partial charge in [-0.2, -0.15) is 0 Å². The number of nitrogens with one attached hydrogen (secondary N) is 2. The van der Waals surface area contributed by atoms with Gasteiger partial charge < -0.3 is 15.4 Å². The number of amides is 2. The van der Waals surface area contributed by atoms with E-state index in [1.165, 1.54) is 12.8 Å². The third-order valence-electron chi connectivity index (χ3n) is 4.82. The molecule has 144 valence electrons. The number of carbonyl (C=O) groups excluding carboxylic acids is 2. The Labute approximate surface area is 156 Å². The SMILES string of the molecule is CC(C)Oc1ccccc1NC(=O)C(C)(C)C(=O)NC1CCCCCC1. The summed E-state index contributed by atoms with van der Waals surface area (Å²) in [6, 6.07) is 7.47. The van der Waals surface area contributed by atoms with Gasteiger partial charge in [-0.05, 0) is 52.7 Å². The zero-order chi connectivity index (χ0) is 19.2. The van der Waals surface area contributed by atoms with Gasteiger partial charge in [-0.3, -0.25) is 9.59 Å². The predicted octanol–water partition coefficient (Wildman–Crippen LogP) is 4.28. The Morgan fingerprint density at radius 3 is 2.27 bits per heavy atom. The highest BCUT2D eigenvalue weighted by atomic mass is 16.5. The maximum atomic E-state index is 12.8. The van der Waals surface area contributed by atoms with Gasteiger partial charge in [0.1, 0.15) is 11.2 Å². The number of hydrogen-bond acceptors (Lipinski definition) is 3. The molecule has 0 saturated heterocycles. The summed E-state index contributed by atoms with van der Waals surface area (Å²) in [6.07, 6.45) is 6.71. The summed E-state index contributed by atoms with van der Waals surface area (Å²) in [5.41, 5.74) is -0.571. The van der Waals surface area contributed by atoms with Crippen LogP contribution < -0.4 is 15.4 Å². The van der Waals surface area contributed by atoms with Gasteiger partial charge in [0.05, 0.1) is 11.8 Å². The molecular weight excluding hydrogens is 328 g/mol. The first-order chi connectivity index (χ1) is 12.3. The van der Waals surface area contributed by atoms with E-state index in [0.717, 1.165) is 25.7 Å². The van der Waals surface area contributed by atoms with Gasteiger partial charge in [0, 0.05) is 6.04 Å². The van der Waals surface area contributed by atoms with Gasteiger partial charge in [-0.1, -0.05) is 37.8 Å². The second-order valence-corrected chi connectivity index (χ2v) is 7.90. The van der Waals surface area contributed by atoms with Gasteiger partial charge in [-0.15, -0.1) is 0 Å².